The summed E-state index contributed by atoms with van der Waals surface area (Å²) in [6.45, 7) is 1.79. The van der Waals surface area contributed by atoms with Crippen molar-refractivity contribution < 1.29 is 4.79 Å². The molecule has 0 bridgehead atoms. The number of anilines is 2. The number of nitrogens with zero attached hydrogens (tertiary/aromatic N) is 1. The number of rotatable bonds is 4. The highest BCUT2D eigenvalue weighted by Gasteiger charge is 2.02. The number of carbonyl (C=O) groups excluding carboxylic acids is 1. The van der Waals surface area contributed by atoms with Crippen LogP contribution in [0.25, 0.3) is 0 Å². The quantitative estimate of drug-likeness (QED) is 0.381. The van der Waals surface area contributed by atoms with Gasteiger partial charge in [-0.25, -0.2) is 10.2 Å². The molecule has 0 unspecified atom stereocenters. The molecule has 24 heavy (non-hydrogen) atoms. The minimum Gasteiger partial charge on any atom is -0.376 e. The highest BCUT2D eigenvalue weighted by atomic mass is 35.5. The van der Waals surface area contributed by atoms with Gasteiger partial charge in [-0.05, 0) is 61.1 Å². The Morgan fingerprint density at radius 3 is 2.17 bits per heavy atom. The maximum absolute atomic E-state index is 11.8. The number of halogens is 1. The average Bonchev–Trinajstić information content (AvgIpc) is 2.55. The zero-order valence-electron chi connectivity index (χ0n) is 12.8. The van der Waals surface area contributed by atoms with Gasteiger partial charge in [-0.15, -0.1) is 0 Å². The number of hydrogen-bond acceptors (Lipinski definition) is 3. The van der Waals surface area contributed by atoms with Crippen LogP contribution in [0.4, 0.5) is 16.2 Å². The van der Waals surface area contributed by atoms with Crippen LogP contribution in [-0.4, -0.2) is 16.9 Å². The Kier molecular flexibility index (Phi) is 6.11. The van der Waals surface area contributed by atoms with Gasteiger partial charge in [-0.2, -0.15) is 5.10 Å². The maximum Gasteiger partial charge on any atom is 0.339 e. The van der Waals surface area contributed by atoms with E-state index >= 15 is 0 Å². The van der Waals surface area contributed by atoms with E-state index in [1.165, 1.54) is 0 Å². The van der Waals surface area contributed by atoms with E-state index in [0.29, 0.717) is 16.4 Å². The highest BCUT2D eigenvalue weighted by molar-refractivity contribution is 7.80. The Bertz CT molecular complexity index is 759. The normalized spacial score (nSPS) is 10.8. The molecule has 5 N–H and O–H groups in total. The fourth-order valence-corrected chi connectivity index (χ4v) is 2.07. The summed E-state index contributed by atoms with van der Waals surface area (Å²) in [5.74, 6) is 0. The molecule has 0 aliphatic carbocycles. The molecule has 0 fully saturated rings. The van der Waals surface area contributed by atoms with Crippen molar-refractivity contribution in [2.24, 2.45) is 10.8 Å². The third-order valence-electron chi connectivity index (χ3n) is 3.00. The van der Waals surface area contributed by atoms with Gasteiger partial charge in [0, 0.05) is 16.4 Å². The Hall–Kier alpha value is -2.64. The minimum absolute atomic E-state index is 0.202. The van der Waals surface area contributed by atoms with Crippen LogP contribution in [0.5, 0.6) is 0 Å². The van der Waals surface area contributed by atoms with E-state index in [1.54, 1.807) is 31.2 Å². The largest absolute Gasteiger partial charge is 0.376 e. The summed E-state index contributed by atoms with van der Waals surface area (Å²) in [4.78, 5) is 11.8. The molecule has 6 nitrogen and oxygen atoms in total. The van der Waals surface area contributed by atoms with Crippen LogP contribution in [0.3, 0.4) is 0 Å². The van der Waals surface area contributed by atoms with Crippen molar-refractivity contribution in [2.75, 3.05) is 10.6 Å². The van der Waals surface area contributed by atoms with Crippen molar-refractivity contribution in [3.63, 3.8) is 0 Å². The number of urea groups is 1. The lowest BCUT2D eigenvalue weighted by Gasteiger charge is -2.07. The van der Waals surface area contributed by atoms with Crippen LogP contribution in [0.1, 0.15) is 12.5 Å². The summed E-state index contributed by atoms with van der Waals surface area (Å²) in [7, 11) is 0. The first kappa shape index (κ1) is 17.7. The van der Waals surface area contributed by atoms with Crippen molar-refractivity contribution in [2.45, 2.75) is 6.92 Å². The van der Waals surface area contributed by atoms with E-state index in [2.05, 4.69) is 21.2 Å². The number of thiocarbonyl (C=S) groups is 1. The smallest absolute Gasteiger partial charge is 0.339 e. The Morgan fingerprint density at radius 2 is 1.58 bits per heavy atom. The number of carbonyl (C=O) groups is 1. The first-order valence-electron chi connectivity index (χ1n) is 6.98. The second kappa shape index (κ2) is 8.28. The van der Waals surface area contributed by atoms with Gasteiger partial charge in [0.2, 0.25) is 0 Å². The second-order valence-electron chi connectivity index (χ2n) is 4.84. The lowest BCUT2D eigenvalue weighted by molar-refractivity contribution is 0.252. The number of benzene rings is 2. The first-order chi connectivity index (χ1) is 11.4. The van der Waals surface area contributed by atoms with Gasteiger partial charge in [0.15, 0.2) is 5.11 Å². The molecule has 0 spiro atoms. The molecule has 0 saturated heterocycles. The van der Waals surface area contributed by atoms with E-state index in [0.717, 1.165) is 11.3 Å². The summed E-state index contributed by atoms with van der Waals surface area (Å²) in [5, 5.41) is 10.3. The van der Waals surface area contributed by atoms with Crippen molar-refractivity contribution in [3.05, 3.63) is 59.1 Å². The van der Waals surface area contributed by atoms with Crippen LogP contribution in [0.2, 0.25) is 5.02 Å². The van der Waals surface area contributed by atoms with Crippen LogP contribution in [0.15, 0.2) is 53.6 Å². The summed E-state index contributed by atoms with van der Waals surface area (Å²) < 4.78 is 0. The van der Waals surface area contributed by atoms with Gasteiger partial charge >= 0.3 is 6.03 Å². The summed E-state index contributed by atoms with van der Waals surface area (Å²) >= 11 is 10.6. The molecule has 0 radical (unpaired) electrons. The van der Waals surface area contributed by atoms with Crippen LogP contribution >= 0.6 is 23.8 Å². The highest BCUT2D eigenvalue weighted by Crippen LogP contribution is 2.13. The molecule has 0 heterocycles. The molecule has 2 rings (SSSR count). The van der Waals surface area contributed by atoms with Gasteiger partial charge in [0.05, 0.1) is 5.71 Å². The SMILES string of the molecule is C/C(=N\NC(=O)Nc1ccc(Cl)cc1)c1ccc(NC(N)=S)cc1. The lowest BCUT2D eigenvalue weighted by atomic mass is 10.1. The van der Waals surface area contributed by atoms with Crippen LogP contribution < -0.4 is 21.8 Å². The number of nitrogens with one attached hydrogen (secondary N) is 3. The third-order valence-corrected chi connectivity index (χ3v) is 3.35. The summed E-state index contributed by atoms with van der Waals surface area (Å²) in [6, 6.07) is 13.7. The molecule has 2 aromatic rings. The Balaban J connectivity index is 1.93. The average molecular weight is 362 g/mol. The maximum atomic E-state index is 11.8. The number of nitrogens with two attached hydrogens (primary N) is 1. The van der Waals surface area contributed by atoms with E-state index in [9.17, 15) is 4.79 Å². The Labute approximate surface area is 150 Å². The van der Waals surface area contributed by atoms with E-state index in [1.807, 2.05) is 24.3 Å². The predicted octanol–water partition coefficient (Wildman–Crippen LogP) is 3.54. The summed E-state index contributed by atoms with van der Waals surface area (Å²) in [5.41, 5.74) is 10.8. The molecular weight excluding hydrogens is 346 g/mol. The first-order valence-corrected chi connectivity index (χ1v) is 7.76. The van der Waals surface area contributed by atoms with Gasteiger partial charge in [0.25, 0.3) is 0 Å². The molecule has 2 amide bonds. The molecule has 0 aliphatic heterocycles. The van der Waals surface area contributed by atoms with Crippen molar-refractivity contribution >= 4 is 52.0 Å². The fourth-order valence-electron chi connectivity index (χ4n) is 1.83. The number of hydrogen-bond donors (Lipinski definition) is 4. The molecule has 0 atom stereocenters. The van der Waals surface area contributed by atoms with Gasteiger partial charge < -0.3 is 16.4 Å². The third kappa shape index (κ3) is 5.53. The molecule has 124 valence electrons. The van der Waals surface area contributed by atoms with E-state index in [4.69, 9.17) is 29.6 Å². The second-order valence-corrected chi connectivity index (χ2v) is 5.71. The van der Waals surface area contributed by atoms with Crippen LogP contribution in [-0.2, 0) is 0 Å². The predicted molar refractivity (Wildman–Crippen MR) is 103 cm³/mol. The van der Waals surface area contributed by atoms with Gasteiger partial charge in [0.1, 0.15) is 0 Å². The number of amides is 2. The van der Waals surface area contributed by atoms with E-state index in [-0.39, 0.29) is 5.11 Å². The zero-order valence-corrected chi connectivity index (χ0v) is 14.4. The zero-order chi connectivity index (χ0) is 17.5. The minimum atomic E-state index is -0.441. The monoisotopic (exact) mass is 361 g/mol. The standard InChI is InChI=1S/C16H16ClN5OS/c1-10(11-2-6-13(7-3-11)19-15(18)24)21-22-16(23)20-14-8-4-12(17)5-9-14/h2-9H,1H3,(H3,18,19,24)(H2,20,22,23)/b21-10+. The molecular formula is C16H16ClN5OS. The fraction of sp³-hybridized carbons (Fsp3) is 0.0625. The van der Waals surface area contributed by atoms with Crippen molar-refractivity contribution in [1.29, 1.82) is 0 Å². The lowest BCUT2D eigenvalue weighted by Crippen LogP contribution is -2.25. The van der Waals surface area contributed by atoms with Gasteiger partial charge in [-0.1, -0.05) is 23.7 Å². The van der Waals surface area contributed by atoms with Gasteiger partial charge in [-0.3, -0.25) is 0 Å². The molecule has 8 heteroatoms. The van der Waals surface area contributed by atoms with Crippen molar-refractivity contribution in [3.8, 4) is 0 Å². The molecule has 2 aromatic carbocycles. The summed E-state index contributed by atoms with van der Waals surface area (Å²) in [6.07, 6.45) is 0. The molecule has 0 aromatic heterocycles. The number of hydrazone groups is 1. The molecule has 0 aliphatic rings. The van der Waals surface area contributed by atoms with Crippen LogP contribution in [0, 0.1) is 0 Å². The van der Waals surface area contributed by atoms with Crippen molar-refractivity contribution in [1.82, 2.24) is 5.43 Å². The Morgan fingerprint density at radius 1 is 1.04 bits per heavy atom. The van der Waals surface area contributed by atoms with E-state index < -0.39 is 6.03 Å². The molecule has 0 saturated carbocycles. The topological polar surface area (TPSA) is 91.5 Å².